The zero-order valence-corrected chi connectivity index (χ0v) is 36.6. The monoisotopic (exact) mass is 766 g/mol. The van der Waals surface area contributed by atoms with Gasteiger partial charge in [-0.05, 0) is 118 Å². The number of amides is 1. The fourth-order valence-electron chi connectivity index (χ4n) is 13.2. The van der Waals surface area contributed by atoms with Crippen molar-refractivity contribution in [3.63, 3.8) is 0 Å². The van der Waals surface area contributed by atoms with E-state index in [1.807, 2.05) is 18.5 Å². The number of ether oxygens (including phenoxy) is 2. The normalized spacial score (nSPS) is 40.1. The average Bonchev–Trinajstić information content (AvgIpc) is 3.60. The van der Waals surface area contributed by atoms with E-state index in [1.165, 1.54) is 11.9 Å². The molecule has 3 N–H and O–H groups in total. The molecular weight excluding hydrogens is 691 g/mol. The Morgan fingerprint density at radius 1 is 1.05 bits per heavy atom. The molecule has 0 radical (unpaired) electrons. The minimum Gasteiger partial charge on any atom is -0.481 e. The van der Waals surface area contributed by atoms with Gasteiger partial charge in [0.15, 0.2) is 0 Å². The summed E-state index contributed by atoms with van der Waals surface area (Å²) in [6, 6.07) is -0.296. The molecule has 10 heteroatoms. The van der Waals surface area contributed by atoms with Crippen LogP contribution in [0.4, 0.5) is 0 Å². The third-order valence-corrected chi connectivity index (χ3v) is 17.2. The van der Waals surface area contributed by atoms with Crippen LogP contribution in [-0.2, 0) is 14.3 Å². The molecule has 2 bridgehead atoms. The molecule has 5 aliphatic rings. The van der Waals surface area contributed by atoms with Crippen LogP contribution in [0.1, 0.15) is 152 Å². The van der Waals surface area contributed by atoms with Crippen molar-refractivity contribution in [2.45, 2.75) is 159 Å². The number of aromatic nitrogens is 3. The molecule has 6 rings (SSSR count). The van der Waals surface area contributed by atoms with Gasteiger partial charge in [-0.2, -0.15) is 5.10 Å². The fraction of sp³-hybridized carbons (Fsp3) is 0.867. The van der Waals surface area contributed by atoms with Crippen LogP contribution in [0.3, 0.4) is 0 Å². The van der Waals surface area contributed by atoms with Crippen LogP contribution in [0, 0.1) is 62.6 Å². The first-order valence-electron chi connectivity index (χ1n) is 21.7. The number of aliphatic carboxylic acids is 1. The highest BCUT2D eigenvalue weighted by molar-refractivity contribution is 5.90. The van der Waals surface area contributed by atoms with E-state index in [2.05, 4.69) is 97.9 Å². The van der Waals surface area contributed by atoms with Crippen molar-refractivity contribution < 1.29 is 24.2 Å². The van der Waals surface area contributed by atoms with Crippen molar-refractivity contribution in [1.82, 2.24) is 25.4 Å². The van der Waals surface area contributed by atoms with Gasteiger partial charge in [-0.3, -0.25) is 9.59 Å². The molecule has 0 unspecified atom stereocenters. The van der Waals surface area contributed by atoms with Gasteiger partial charge in [-0.15, -0.1) is 0 Å². The van der Waals surface area contributed by atoms with Gasteiger partial charge in [0.25, 0.3) is 5.91 Å². The number of carboxylic acids is 1. The van der Waals surface area contributed by atoms with E-state index in [0.29, 0.717) is 43.4 Å². The van der Waals surface area contributed by atoms with Gasteiger partial charge in [0.2, 0.25) is 5.82 Å². The number of hydrogen-bond acceptors (Lipinski definition) is 7. The molecule has 3 saturated carbocycles. The number of nitrogens with one attached hydrogen (secondary N) is 2. The van der Waals surface area contributed by atoms with E-state index < -0.39 is 17.3 Å². The molecule has 0 spiro atoms. The maximum absolute atomic E-state index is 13.7. The van der Waals surface area contributed by atoms with Crippen LogP contribution in [0.5, 0.6) is 0 Å². The lowest BCUT2D eigenvalue weighted by Gasteiger charge is -2.71. The Hall–Kier alpha value is -2.30. The molecule has 4 fully saturated rings. The number of fused-ring (bicyclic) bond motifs is 3. The Kier molecular flexibility index (Phi) is 11.4. The Balaban J connectivity index is 1.47. The molecule has 55 heavy (non-hydrogen) atoms. The average molecular weight is 766 g/mol. The minimum atomic E-state index is -0.640. The molecule has 1 saturated heterocycles. The summed E-state index contributed by atoms with van der Waals surface area (Å²) < 4.78 is 16.0. The van der Waals surface area contributed by atoms with Crippen LogP contribution < -0.4 is 10.6 Å². The molecule has 1 aromatic heterocycles. The van der Waals surface area contributed by atoms with Gasteiger partial charge >= 0.3 is 5.97 Å². The second-order valence-electron chi connectivity index (χ2n) is 21.0. The smallest absolute Gasteiger partial charge is 0.307 e. The van der Waals surface area contributed by atoms with Gasteiger partial charge in [0.1, 0.15) is 6.33 Å². The van der Waals surface area contributed by atoms with E-state index in [9.17, 15) is 14.7 Å². The van der Waals surface area contributed by atoms with E-state index in [4.69, 9.17) is 14.6 Å². The lowest BCUT2D eigenvalue weighted by molar-refractivity contribution is -0.253. The summed E-state index contributed by atoms with van der Waals surface area (Å²) in [5.74, 6) is 0.591. The summed E-state index contributed by atoms with van der Waals surface area (Å²) in [6.07, 6.45) is 10.2. The first kappa shape index (κ1) is 42.3. The first-order valence-corrected chi connectivity index (χ1v) is 21.7. The minimum absolute atomic E-state index is 0.0437. The van der Waals surface area contributed by atoms with Crippen molar-refractivity contribution >= 4 is 11.9 Å². The zero-order chi connectivity index (χ0) is 40.5. The van der Waals surface area contributed by atoms with E-state index in [1.54, 1.807) is 0 Å². The van der Waals surface area contributed by atoms with Crippen molar-refractivity contribution in [3.05, 3.63) is 23.8 Å². The predicted molar refractivity (Wildman–Crippen MR) is 217 cm³/mol. The topological polar surface area (TPSA) is 128 Å². The van der Waals surface area contributed by atoms with E-state index >= 15 is 0 Å². The molecule has 310 valence electrons. The van der Waals surface area contributed by atoms with Crippen LogP contribution >= 0.6 is 0 Å². The Bertz CT molecular complexity index is 1620. The molecule has 2 heterocycles. The van der Waals surface area contributed by atoms with E-state index in [0.717, 1.165) is 51.5 Å². The summed E-state index contributed by atoms with van der Waals surface area (Å²) in [5.41, 5.74) is -0.317. The Morgan fingerprint density at radius 2 is 1.76 bits per heavy atom. The number of carbonyl (C=O) groups is 2. The Labute approximate surface area is 332 Å². The van der Waals surface area contributed by atoms with E-state index in [-0.39, 0.29) is 63.1 Å². The molecule has 12 atom stereocenters. The Morgan fingerprint density at radius 3 is 2.38 bits per heavy atom. The van der Waals surface area contributed by atoms with Crippen molar-refractivity contribution in [1.29, 1.82) is 0 Å². The third-order valence-electron chi connectivity index (χ3n) is 17.2. The number of carbonyl (C=O) groups excluding carboxylic acids is 1. The summed E-state index contributed by atoms with van der Waals surface area (Å²) in [6.45, 7) is 31.7. The molecule has 0 aromatic carbocycles. The standard InChI is InChI=1S/C45H75N5O5/c1-14-21-47-44(13,28(4)5)24-55-36-33(50-37(46-26-48-50)38(51)49-29(6)7)22-45-25-54-23-41(36,10)34(45)16-15-31-32(45)17-18-43(12)35(39(52)53)40(9,30(8)27(2)3)19-20-42(31,43)11/h17,26-31,33-36,47H,14-16,18-25H2,1-13H3,(H,49,51)(H,52,53)/t30-,31+,33-,34+,35-,36+,40-,41-,42-,43+,44+,45+/m1/s1. The first-order chi connectivity index (χ1) is 25.7. The van der Waals surface area contributed by atoms with Crippen LogP contribution in [-0.4, -0.2) is 75.8 Å². The van der Waals surface area contributed by atoms with Gasteiger partial charge in [-0.1, -0.05) is 80.9 Å². The zero-order valence-electron chi connectivity index (χ0n) is 36.6. The van der Waals surface area contributed by atoms with Crippen molar-refractivity contribution in [3.8, 4) is 0 Å². The third kappa shape index (κ3) is 6.45. The van der Waals surface area contributed by atoms with Crippen molar-refractivity contribution in [2.24, 2.45) is 62.6 Å². The summed E-state index contributed by atoms with van der Waals surface area (Å²) in [4.78, 5) is 31.9. The summed E-state index contributed by atoms with van der Waals surface area (Å²) >= 11 is 0. The largest absolute Gasteiger partial charge is 0.481 e. The van der Waals surface area contributed by atoms with Crippen LogP contribution in [0.25, 0.3) is 0 Å². The number of allylic oxidation sites excluding steroid dienone is 1. The molecule has 4 aliphatic carbocycles. The van der Waals surface area contributed by atoms with Gasteiger partial charge < -0.3 is 25.2 Å². The number of nitrogens with zero attached hydrogens (tertiary/aromatic N) is 3. The molecule has 1 aromatic rings. The summed E-state index contributed by atoms with van der Waals surface area (Å²) in [7, 11) is 0. The maximum Gasteiger partial charge on any atom is 0.307 e. The van der Waals surface area contributed by atoms with Crippen LogP contribution in [0.15, 0.2) is 18.0 Å². The van der Waals surface area contributed by atoms with Crippen molar-refractivity contribution in [2.75, 3.05) is 26.4 Å². The molecule has 1 amide bonds. The second-order valence-corrected chi connectivity index (χ2v) is 21.0. The van der Waals surface area contributed by atoms with Gasteiger partial charge in [0.05, 0.1) is 37.9 Å². The molecule has 10 nitrogen and oxygen atoms in total. The number of carboxylic acid groups (broad SMARTS) is 1. The highest BCUT2D eigenvalue weighted by Gasteiger charge is 2.72. The number of rotatable bonds is 13. The lowest BCUT2D eigenvalue weighted by Crippen LogP contribution is -2.69. The SMILES string of the molecule is CCCN[C@@](C)(CO[C@H]1[C@H](n2ncnc2C(=O)NC(C)C)C[C@@]23COC[C@]1(C)[C@@H]2CC[C@H]1C3=CC[C@@]2(C)[C@H](C(=O)O)[C@@](C)([C@H](C)C(C)C)CC[C@]12C)C(C)C. The molecule has 1 aliphatic heterocycles. The lowest BCUT2D eigenvalue weighted by atomic mass is 9.34. The maximum atomic E-state index is 13.7. The molecular formula is C45H75N5O5. The highest BCUT2D eigenvalue weighted by Crippen LogP contribution is 2.75. The highest BCUT2D eigenvalue weighted by atomic mass is 16.5. The summed E-state index contributed by atoms with van der Waals surface area (Å²) in [5, 5.41) is 22.9. The van der Waals surface area contributed by atoms with Crippen LogP contribution in [0.2, 0.25) is 0 Å². The van der Waals surface area contributed by atoms with Gasteiger partial charge in [-0.25, -0.2) is 9.67 Å². The number of hydrogen-bond donors (Lipinski definition) is 3. The quantitative estimate of drug-likeness (QED) is 0.171. The van der Waals surface area contributed by atoms with Gasteiger partial charge in [0, 0.05) is 22.4 Å². The second kappa shape index (κ2) is 14.8. The predicted octanol–water partition coefficient (Wildman–Crippen LogP) is 8.35. The fourth-order valence-corrected chi connectivity index (χ4v) is 13.2.